The maximum absolute atomic E-state index is 13.0. The van der Waals surface area contributed by atoms with Crippen LogP contribution >= 0.6 is 11.3 Å². The standard InChI is InChI=1S/C24H30N6O4S/c1-15-21(35-16(2)26-15)23(31)28-24-27-19-17(22-25-7-9-30(22)24)5-6-18(20(19)32-3)34-12-4-8-29-10-13-33-14-11-29/h5-6,25H,4,7-14H2,1-3H3. The van der Waals surface area contributed by atoms with Crippen molar-refractivity contribution < 1.29 is 19.0 Å². The van der Waals surface area contributed by atoms with E-state index in [1.54, 1.807) is 7.11 Å². The number of hydrogen-bond donors (Lipinski definition) is 1. The number of ether oxygens (including phenoxy) is 3. The summed E-state index contributed by atoms with van der Waals surface area (Å²) >= 11 is 1.35. The molecule has 186 valence electrons. The number of morpholine rings is 1. The number of carbonyl (C=O) groups excluding carboxylic acids is 1. The highest BCUT2D eigenvalue weighted by atomic mass is 32.1. The van der Waals surface area contributed by atoms with Crippen molar-refractivity contribution in [1.29, 1.82) is 0 Å². The maximum atomic E-state index is 13.0. The smallest absolute Gasteiger partial charge is 0.292 e. The Morgan fingerprint density at radius 3 is 2.80 bits per heavy atom. The summed E-state index contributed by atoms with van der Waals surface area (Å²) in [5.41, 5.74) is 1.64. The van der Waals surface area contributed by atoms with Gasteiger partial charge in [-0.3, -0.25) is 14.3 Å². The number of fused-ring (bicyclic) bond motifs is 3. The van der Waals surface area contributed by atoms with E-state index in [4.69, 9.17) is 19.2 Å². The zero-order valence-electron chi connectivity index (χ0n) is 20.3. The summed E-state index contributed by atoms with van der Waals surface area (Å²) in [6.45, 7) is 10.2. The van der Waals surface area contributed by atoms with Crippen molar-refractivity contribution in [2.24, 2.45) is 4.99 Å². The number of carbonyl (C=O) groups is 1. The lowest BCUT2D eigenvalue weighted by Gasteiger charge is -2.26. The lowest BCUT2D eigenvalue weighted by atomic mass is 10.2. The van der Waals surface area contributed by atoms with Crippen LogP contribution in [0.3, 0.4) is 0 Å². The number of hydrogen-bond acceptors (Lipinski definition) is 9. The molecule has 0 spiro atoms. The van der Waals surface area contributed by atoms with Gasteiger partial charge in [-0.05, 0) is 32.4 Å². The quantitative estimate of drug-likeness (QED) is 0.496. The fraction of sp³-hybridized carbons (Fsp3) is 0.500. The molecule has 2 aromatic heterocycles. The lowest BCUT2D eigenvalue weighted by Crippen LogP contribution is -2.37. The summed E-state index contributed by atoms with van der Waals surface area (Å²) < 4.78 is 19.2. The number of amides is 1. The number of thiazole rings is 1. The van der Waals surface area contributed by atoms with Gasteiger partial charge in [-0.2, -0.15) is 4.99 Å². The Morgan fingerprint density at radius 1 is 1.23 bits per heavy atom. The summed E-state index contributed by atoms with van der Waals surface area (Å²) in [6.07, 6.45) is 0.902. The third kappa shape index (κ3) is 4.89. The molecule has 35 heavy (non-hydrogen) atoms. The van der Waals surface area contributed by atoms with Gasteiger partial charge in [0, 0.05) is 38.1 Å². The maximum Gasteiger partial charge on any atom is 0.292 e. The molecule has 5 rings (SSSR count). The molecule has 1 fully saturated rings. The molecule has 2 aliphatic heterocycles. The molecule has 0 aliphatic carbocycles. The number of nitrogens with zero attached hydrogens (tertiary/aromatic N) is 5. The Morgan fingerprint density at radius 2 is 2.06 bits per heavy atom. The van der Waals surface area contributed by atoms with Crippen LogP contribution in [0.2, 0.25) is 0 Å². The molecule has 1 saturated heterocycles. The minimum absolute atomic E-state index is 0.337. The van der Waals surface area contributed by atoms with Gasteiger partial charge in [-0.15, -0.1) is 11.3 Å². The Kier molecular flexibility index (Phi) is 6.98. The molecule has 0 bridgehead atoms. The Hall–Kier alpha value is -3.02. The molecule has 2 aliphatic rings. The number of methoxy groups -OCH3 is 1. The van der Waals surface area contributed by atoms with Crippen LogP contribution in [0.15, 0.2) is 17.1 Å². The predicted molar refractivity (Wildman–Crippen MR) is 134 cm³/mol. The van der Waals surface area contributed by atoms with E-state index in [9.17, 15) is 4.79 Å². The number of anilines is 1. The second-order valence-electron chi connectivity index (χ2n) is 8.55. The van der Waals surface area contributed by atoms with Crippen molar-refractivity contribution in [2.45, 2.75) is 26.8 Å². The van der Waals surface area contributed by atoms with E-state index >= 15 is 0 Å². The highest BCUT2D eigenvalue weighted by Gasteiger charge is 2.22. The molecule has 0 saturated carbocycles. The Bertz CT molecular complexity index is 1310. The van der Waals surface area contributed by atoms with Gasteiger partial charge in [0.15, 0.2) is 11.5 Å². The van der Waals surface area contributed by atoms with E-state index in [2.05, 4.69) is 20.2 Å². The van der Waals surface area contributed by atoms with Gasteiger partial charge in [-0.25, -0.2) is 9.97 Å². The summed E-state index contributed by atoms with van der Waals surface area (Å²) in [5, 5.41) is 5.14. The second kappa shape index (κ2) is 10.3. The van der Waals surface area contributed by atoms with Crippen LogP contribution in [-0.4, -0.2) is 78.5 Å². The van der Waals surface area contributed by atoms with Crippen molar-refractivity contribution in [3.05, 3.63) is 33.3 Å². The van der Waals surface area contributed by atoms with Gasteiger partial charge in [-0.1, -0.05) is 0 Å². The zero-order valence-corrected chi connectivity index (χ0v) is 21.1. The number of aryl methyl sites for hydroxylation is 2. The molecule has 0 radical (unpaired) electrons. The molecule has 11 heteroatoms. The topological polar surface area (TPSA) is 103 Å². The van der Waals surface area contributed by atoms with Crippen LogP contribution in [-0.2, 0) is 11.3 Å². The van der Waals surface area contributed by atoms with Gasteiger partial charge in [0.05, 0.1) is 37.6 Å². The molecule has 4 heterocycles. The average molecular weight is 499 g/mol. The normalized spacial score (nSPS) is 16.4. The largest absolute Gasteiger partial charge is 0.491 e. The van der Waals surface area contributed by atoms with Crippen LogP contribution in [0.4, 0.5) is 5.82 Å². The van der Waals surface area contributed by atoms with Crippen LogP contribution < -0.4 is 20.4 Å². The van der Waals surface area contributed by atoms with Gasteiger partial charge < -0.3 is 19.5 Å². The predicted octanol–water partition coefficient (Wildman–Crippen LogP) is 2.39. The van der Waals surface area contributed by atoms with Crippen molar-refractivity contribution >= 4 is 34.0 Å². The monoisotopic (exact) mass is 498 g/mol. The number of rotatable bonds is 7. The van der Waals surface area contributed by atoms with E-state index in [1.807, 2.05) is 30.5 Å². The minimum Gasteiger partial charge on any atom is -0.491 e. The first-order valence-corrected chi connectivity index (χ1v) is 12.7. The molecule has 10 nitrogen and oxygen atoms in total. The van der Waals surface area contributed by atoms with E-state index in [0.717, 1.165) is 62.0 Å². The molecular formula is C24H30N6O4S. The average Bonchev–Trinajstić information content (AvgIpc) is 3.48. The minimum atomic E-state index is -0.337. The number of nitrogens with one attached hydrogen (secondary N) is 1. The first-order chi connectivity index (χ1) is 17.0. The number of aromatic nitrogens is 3. The van der Waals surface area contributed by atoms with E-state index < -0.39 is 0 Å². The Labute approximate surface area is 207 Å². The molecule has 1 N–H and O–H groups in total. The van der Waals surface area contributed by atoms with Gasteiger partial charge in [0.1, 0.15) is 16.2 Å². The highest BCUT2D eigenvalue weighted by molar-refractivity contribution is 7.13. The molecular weight excluding hydrogens is 468 g/mol. The lowest BCUT2D eigenvalue weighted by molar-refractivity contribution is 0.0357. The zero-order chi connectivity index (χ0) is 24.4. The fourth-order valence-corrected chi connectivity index (χ4v) is 5.32. The van der Waals surface area contributed by atoms with Crippen molar-refractivity contribution in [2.75, 3.05) is 58.4 Å². The van der Waals surface area contributed by atoms with Crippen LogP contribution in [0.1, 0.15) is 26.8 Å². The van der Waals surface area contributed by atoms with Crippen molar-refractivity contribution in [3.8, 4) is 11.5 Å². The Balaban J connectivity index is 1.45. The van der Waals surface area contributed by atoms with Crippen LogP contribution in [0.5, 0.6) is 11.5 Å². The third-order valence-electron chi connectivity index (χ3n) is 6.18. The molecule has 1 amide bonds. The van der Waals surface area contributed by atoms with Crippen LogP contribution in [0, 0.1) is 13.8 Å². The van der Waals surface area contributed by atoms with Crippen molar-refractivity contribution in [1.82, 2.24) is 19.4 Å². The third-order valence-corrected chi connectivity index (χ3v) is 7.25. The highest BCUT2D eigenvalue weighted by Crippen LogP contribution is 2.37. The summed E-state index contributed by atoms with van der Waals surface area (Å²) in [7, 11) is 1.61. The summed E-state index contributed by atoms with van der Waals surface area (Å²) in [4.78, 5) is 29.4. The molecule has 1 aromatic carbocycles. The summed E-state index contributed by atoms with van der Waals surface area (Å²) in [6, 6.07) is 3.90. The molecule has 0 atom stereocenters. The fourth-order valence-electron chi connectivity index (χ4n) is 4.51. The molecule has 3 aromatic rings. The van der Waals surface area contributed by atoms with Gasteiger partial charge >= 0.3 is 0 Å². The number of benzene rings is 1. The second-order valence-corrected chi connectivity index (χ2v) is 9.76. The summed E-state index contributed by atoms with van der Waals surface area (Å²) in [5.74, 6) is 1.70. The first kappa shape index (κ1) is 23.7. The van der Waals surface area contributed by atoms with Gasteiger partial charge in [0.25, 0.3) is 5.91 Å². The first-order valence-electron chi connectivity index (χ1n) is 11.9. The van der Waals surface area contributed by atoms with E-state index in [-0.39, 0.29) is 5.91 Å². The van der Waals surface area contributed by atoms with E-state index in [1.165, 1.54) is 11.3 Å². The van der Waals surface area contributed by atoms with Gasteiger partial charge in [0.2, 0.25) is 5.62 Å². The van der Waals surface area contributed by atoms with E-state index in [0.29, 0.717) is 46.4 Å². The molecule has 0 unspecified atom stereocenters. The van der Waals surface area contributed by atoms with Crippen molar-refractivity contribution in [3.63, 3.8) is 0 Å². The SMILES string of the molecule is COc1c(OCCCN2CCOCC2)ccc2c3n(c(=NC(=O)c4sc(C)nc4C)nc12)CCN3. The van der Waals surface area contributed by atoms with Crippen LogP contribution in [0.25, 0.3) is 10.9 Å².